The van der Waals surface area contributed by atoms with Gasteiger partial charge in [0.2, 0.25) is 0 Å². The number of hydrogen-bond acceptors (Lipinski definition) is 2. The molecule has 0 spiro atoms. The molecule has 2 aromatic carbocycles. The summed E-state index contributed by atoms with van der Waals surface area (Å²) in [6, 6.07) is 18.5. The number of rotatable bonds is 6. The van der Waals surface area contributed by atoms with Gasteiger partial charge >= 0.3 is 0 Å². The molecule has 0 aliphatic heterocycles. The van der Waals surface area contributed by atoms with Crippen LogP contribution in [0.5, 0.6) is 0 Å². The van der Waals surface area contributed by atoms with Gasteiger partial charge in [0, 0.05) is 18.1 Å². The first-order valence-electron chi connectivity index (χ1n) is 7.61. The third kappa shape index (κ3) is 3.65. The standard InChI is InChI=1S/C19H19ClN2/c20-19-16(11-10-15-6-1-2-9-18(15)19)7-5-12-21-14-17-8-3-4-13-22-17/h1-4,6,8-11,13,21H,5,7,12,14H2. The van der Waals surface area contributed by atoms with Crippen LogP contribution in [0.2, 0.25) is 5.02 Å². The molecule has 0 radical (unpaired) electrons. The Bertz CT molecular complexity index is 741. The van der Waals surface area contributed by atoms with E-state index in [2.05, 4.69) is 34.6 Å². The molecule has 0 amide bonds. The average Bonchev–Trinajstić information content (AvgIpc) is 2.58. The monoisotopic (exact) mass is 310 g/mol. The Labute approximate surface area is 136 Å². The molecule has 1 N–H and O–H groups in total. The van der Waals surface area contributed by atoms with Crippen molar-refractivity contribution in [3.63, 3.8) is 0 Å². The van der Waals surface area contributed by atoms with E-state index < -0.39 is 0 Å². The minimum atomic E-state index is 0.812. The van der Waals surface area contributed by atoms with Gasteiger partial charge in [-0.1, -0.05) is 54.1 Å². The topological polar surface area (TPSA) is 24.9 Å². The average molecular weight is 311 g/mol. The fourth-order valence-corrected chi connectivity index (χ4v) is 2.92. The molecule has 2 nitrogen and oxygen atoms in total. The van der Waals surface area contributed by atoms with E-state index in [1.165, 1.54) is 10.9 Å². The van der Waals surface area contributed by atoms with Crippen LogP contribution in [0.1, 0.15) is 17.7 Å². The number of pyridine rings is 1. The Balaban J connectivity index is 1.52. The van der Waals surface area contributed by atoms with Gasteiger partial charge in [-0.3, -0.25) is 4.98 Å². The number of benzene rings is 2. The first kappa shape index (κ1) is 15.0. The highest BCUT2D eigenvalue weighted by molar-refractivity contribution is 6.36. The molecule has 0 saturated carbocycles. The van der Waals surface area contributed by atoms with E-state index in [-0.39, 0.29) is 0 Å². The molecule has 0 aliphatic carbocycles. The third-order valence-corrected chi connectivity index (χ3v) is 4.22. The van der Waals surface area contributed by atoms with Crippen LogP contribution in [-0.2, 0) is 13.0 Å². The van der Waals surface area contributed by atoms with Gasteiger partial charge in [0.05, 0.1) is 10.7 Å². The van der Waals surface area contributed by atoms with Crippen LogP contribution in [0.15, 0.2) is 60.8 Å². The minimum Gasteiger partial charge on any atom is -0.311 e. The SMILES string of the molecule is Clc1c(CCCNCc2ccccn2)ccc2ccccc12. The number of aryl methyl sites for hydroxylation is 1. The van der Waals surface area contributed by atoms with E-state index in [1.807, 2.05) is 36.5 Å². The van der Waals surface area contributed by atoms with Gasteiger partial charge in [0.15, 0.2) is 0 Å². The van der Waals surface area contributed by atoms with Gasteiger partial charge in [-0.25, -0.2) is 0 Å². The molecule has 0 unspecified atom stereocenters. The second-order valence-electron chi connectivity index (χ2n) is 5.36. The highest BCUT2D eigenvalue weighted by atomic mass is 35.5. The predicted molar refractivity (Wildman–Crippen MR) is 93.2 cm³/mol. The molecular weight excluding hydrogens is 292 g/mol. The Morgan fingerprint density at radius 3 is 2.68 bits per heavy atom. The quantitative estimate of drug-likeness (QED) is 0.672. The molecule has 3 aromatic rings. The molecule has 0 fully saturated rings. The van der Waals surface area contributed by atoms with Crippen molar-refractivity contribution in [3.8, 4) is 0 Å². The molecule has 1 aromatic heterocycles. The number of nitrogens with zero attached hydrogens (tertiary/aromatic N) is 1. The summed E-state index contributed by atoms with van der Waals surface area (Å²) < 4.78 is 0. The lowest BCUT2D eigenvalue weighted by Crippen LogP contribution is -2.16. The molecule has 1 heterocycles. The van der Waals surface area contributed by atoms with Crippen LogP contribution < -0.4 is 5.32 Å². The van der Waals surface area contributed by atoms with Crippen molar-refractivity contribution in [2.24, 2.45) is 0 Å². The van der Waals surface area contributed by atoms with Crippen LogP contribution in [0.25, 0.3) is 10.8 Å². The van der Waals surface area contributed by atoms with E-state index >= 15 is 0 Å². The van der Waals surface area contributed by atoms with Crippen LogP contribution in [-0.4, -0.2) is 11.5 Å². The number of halogens is 1. The highest BCUT2D eigenvalue weighted by Gasteiger charge is 2.04. The van der Waals surface area contributed by atoms with Gasteiger partial charge in [-0.2, -0.15) is 0 Å². The fraction of sp³-hybridized carbons (Fsp3) is 0.211. The summed E-state index contributed by atoms with van der Waals surface area (Å²) in [4.78, 5) is 4.30. The Kier molecular flexibility index (Phi) is 5.04. The maximum absolute atomic E-state index is 6.52. The lowest BCUT2D eigenvalue weighted by Gasteiger charge is -2.08. The number of aromatic nitrogens is 1. The second-order valence-corrected chi connectivity index (χ2v) is 5.74. The largest absolute Gasteiger partial charge is 0.311 e. The lowest BCUT2D eigenvalue weighted by molar-refractivity contribution is 0.641. The van der Waals surface area contributed by atoms with Crippen molar-refractivity contribution in [1.29, 1.82) is 0 Å². The molecule has 112 valence electrons. The van der Waals surface area contributed by atoms with Gasteiger partial charge in [-0.05, 0) is 42.5 Å². The summed E-state index contributed by atoms with van der Waals surface area (Å²) in [5.74, 6) is 0. The normalized spacial score (nSPS) is 11.0. The molecule has 3 rings (SSSR count). The molecule has 0 atom stereocenters. The second kappa shape index (κ2) is 7.39. The van der Waals surface area contributed by atoms with E-state index in [0.29, 0.717) is 0 Å². The number of fused-ring (bicyclic) bond motifs is 1. The molecule has 22 heavy (non-hydrogen) atoms. The Hall–Kier alpha value is -1.90. The van der Waals surface area contributed by atoms with E-state index in [9.17, 15) is 0 Å². The molecular formula is C19H19ClN2. The minimum absolute atomic E-state index is 0.812. The highest BCUT2D eigenvalue weighted by Crippen LogP contribution is 2.27. The zero-order valence-corrected chi connectivity index (χ0v) is 13.2. The van der Waals surface area contributed by atoms with E-state index in [1.54, 1.807) is 0 Å². The van der Waals surface area contributed by atoms with Crippen LogP contribution in [0.3, 0.4) is 0 Å². The summed E-state index contributed by atoms with van der Waals surface area (Å²) in [6.07, 6.45) is 3.87. The third-order valence-electron chi connectivity index (χ3n) is 3.78. The zero-order valence-electron chi connectivity index (χ0n) is 12.4. The van der Waals surface area contributed by atoms with Crippen molar-refractivity contribution in [3.05, 3.63) is 77.1 Å². The summed E-state index contributed by atoms with van der Waals surface area (Å²) in [6.45, 7) is 1.77. The molecule has 3 heteroatoms. The summed E-state index contributed by atoms with van der Waals surface area (Å²) in [7, 11) is 0. The Morgan fingerprint density at radius 2 is 1.82 bits per heavy atom. The maximum atomic E-state index is 6.52. The van der Waals surface area contributed by atoms with Crippen molar-refractivity contribution >= 4 is 22.4 Å². The maximum Gasteiger partial charge on any atom is 0.0541 e. The van der Waals surface area contributed by atoms with Crippen LogP contribution >= 0.6 is 11.6 Å². The van der Waals surface area contributed by atoms with E-state index in [4.69, 9.17) is 11.6 Å². The fourth-order valence-electron chi connectivity index (χ4n) is 2.59. The van der Waals surface area contributed by atoms with Gasteiger partial charge in [0.1, 0.15) is 0 Å². The molecule has 0 saturated heterocycles. The molecule has 0 bridgehead atoms. The van der Waals surface area contributed by atoms with Crippen LogP contribution in [0, 0.1) is 0 Å². The van der Waals surface area contributed by atoms with Gasteiger partial charge in [-0.15, -0.1) is 0 Å². The van der Waals surface area contributed by atoms with Crippen molar-refractivity contribution in [2.75, 3.05) is 6.54 Å². The zero-order chi connectivity index (χ0) is 15.2. The smallest absolute Gasteiger partial charge is 0.0541 e. The first-order chi connectivity index (χ1) is 10.8. The lowest BCUT2D eigenvalue weighted by atomic mass is 10.0. The summed E-state index contributed by atoms with van der Waals surface area (Å²) >= 11 is 6.52. The van der Waals surface area contributed by atoms with Gasteiger partial charge in [0.25, 0.3) is 0 Å². The first-order valence-corrected chi connectivity index (χ1v) is 7.99. The number of nitrogens with one attached hydrogen (secondary N) is 1. The predicted octanol–water partition coefficient (Wildman–Crippen LogP) is 4.61. The number of hydrogen-bond donors (Lipinski definition) is 1. The Morgan fingerprint density at radius 1 is 0.955 bits per heavy atom. The molecule has 0 aliphatic rings. The van der Waals surface area contributed by atoms with Crippen molar-refractivity contribution in [2.45, 2.75) is 19.4 Å². The summed E-state index contributed by atoms with van der Waals surface area (Å²) in [5, 5.41) is 6.65. The van der Waals surface area contributed by atoms with Crippen molar-refractivity contribution < 1.29 is 0 Å². The van der Waals surface area contributed by atoms with Gasteiger partial charge < -0.3 is 5.32 Å². The van der Waals surface area contributed by atoms with E-state index in [0.717, 1.165) is 42.0 Å². The van der Waals surface area contributed by atoms with Crippen LogP contribution in [0.4, 0.5) is 0 Å². The van der Waals surface area contributed by atoms with Crippen molar-refractivity contribution in [1.82, 2.24) is 10.3 Å². The summed E-state index contributed by atoms with van der Waals surface area (Å²) in [5.41, 5.74) is 2.30.